The van der Waals surface area contributed by atoms with E-state index in [-0.39, 0.29) is 0 Å². The predicted molar refractivity (Wildman–Crippen MR) is 66.7 cm³/mol. The maximum atomic E-state index is 5.30. The average molecular weight is 226 g/mol. The van der Waals surface area contributed by atoms with E-state index in [1.807, 2.05) is 6.92 Å². The fraction of sp³-hybridized carbons (Fsp3) is 1.00. The molecule has 0 spiro atoms. The third-order valence-corrected chi connectivity index (χ3v) is 3.46. The third kappa shape index (κ3) is 4.81. The maximum absolute atomic E-state index is 5.30. The fourth-order valence-corrected chi connectivity index (χ4v) is 2.13. The van der Waals surface area contributed by atoms with Crippen LogP contribution >= 0.6 is 0 Å². The molecule has 2 aliphatic rings. The minimum absolute atomic E-state index is 0.831. The molecule has 2 aliphatic carbocycles. The predicted octanol–water partition coefficient (Wildman–Crippen LogP) is 1.49. The van der Waals surface area contributed by atoms with Crippen molar-refractivity contribution >= 4 is 0 Å². The quantitative estimate of drug-likeness (QED) is 0.571. The smallest absolute Gasteiger partial charge is 0.0590 e. The zero-order valence-corrected chi connectivity index (χ0v) is 10.6. The van der Waals surface area contributed by atoms with Gasteiger partial charge < -0.3 is 10.1 Å². The summed E-state index contributed by atoms with van der Waals surface area (Å²) in [5, 5.41) is 3.46. The van der Waals surface area contributed by atoms with E-state index in [0.29, 0.717) is 0 Å². The molecule has 3 nitrogen and oxygen atoms in total. The first-order valence-electron chi connectivity index (χ1n) is 6.92. The van der Waals surface area contributed by atoms with Gasteiger partial charge in [0.2, 0.25) is 0 Å². The molecule has 2 fully saturated rings. The number of nitrogens with zero attached hydrogens (tertiary/aromatic N) is 1. The van der Waals surface area contributed by atoms with Gasteiger partial charge in [-0.25, -0.2) is 0 Å². The highest BCUT2D eigenvalue weighted by molar-refractivity contribution is 4.88. The van der Waals surface area contributed by atoms with Crippen molar-refractivity contribution in [2.24, 2.45) is 5.92 Å². The van der Waals surface area contributed by atoms with Gasteiger partial charge in [-0.2, -0.15) is 0 Å². The van der Waals surface area contributed by atoms with Crippen LogP contribution in [0.1, 0.15) is 32.6 Å². The van der Waals surface area contributed by atoms with Gasteiger partial charge >= 0.3 is 0 Å². The van der Waals surface area contributed by atoms with E-state index in [0.717, 1.165) is 38.3 Å². The van der Waals surface area contributed by atoms with E-state index in [2.05, 4.69) is 10.2 Å². The van der Waals surface area contributed by atoms with Crippen LogP contribution in [0.3, 0.4) is 0 Å². The Balaban J connectivity index is 1.48. The molecule has 0 heterocycles. The van der Waals surface area contributed by atoms with Gasteiger partial charge in [-0.05, 0) is 38.5 Å². The maximum Gasteiger partial charge on any atom is 0.0590 e. The van der Waals surface area contributed by atoms with Crippen LogP contribution in [0, 0.1) is 5.92 Å². The molecule has 0 aliphatic heterocycles. The minimum atomic E-state index is 0.831. The number of ether oxygens (including phenoxy) is 1. The minimum Gasteiger partial charge on any atom is -0.380 e. The average Bonchev–Trinajstić information content (AvgIpc) is 3.15. The van der Waals surface area contributed by atoms with Crippen LogP contribution in [0.25, 0.3) is 0 Å². The normalized spacial score (nSPS) is 20.6. The van der Waals surface area contributed by atoms with Crippen LogP contribution in [0.4, 0.5) is 0 Å². The Morgan fingerprint density at radius 1 is 1.19 bits per heavy atom. The zero-order valence-electron chi connectivity index (χ0n) is 10.6. The number of hydrogen-bond acceptors (Lipinski definition) is 3. The molecule has 2 rings (SSSR count). The Hall–Kier alpha value is -0.120. The fourth-order valence-electron chi connectivity index (χ4n) is 2.13. The van der Waals surface area contributed by atoms with Crippen LogP contribution in [0.15, 0.2) is 0 Å². The SMILES string of the molecule is CCOCCNCCN(CC1CC1)C1CC1. The van der Waals surface area contributed by atoms with Crippen LogP contribution in [-0.2, 0) is 4.74 Å². The van der Waals surface area contributed by atoms with Gasteiger partial charge in [-0.1, -0.05) is 0 Å². The van der Waals surface area contributed by atoms with Gasteiger partial charge in [0.05, 0.1) is 6.61 Å². The molecule has 2 saturated carbocycles. The number of nitrogens with one attached hydrogen (secondary N) is 1. The first-order chi connectivity index (χ1) is 7.90. The molecule has 0 saturated heterocycles. The van der Waals surface area contributed by atoms with Crippen molar-refractivity contribution < 1.29 is 4.74 Å². The zero-order chi connectivity index (χ0) is 11.2. The van der Waals surface area contributed by atoms with Gasteiger partial charge in [-0.15, -0.1) is 0 Å². The van der Waals surface area contributed by atoms with E-state index in [4.69, 9.17) is 4.74 Å². The number of rotatable bonds is 10. The second-order valence-corrected chi connectivity index (χ2v) is 5.12. The molecule has 0 aromatic heterocycles. The molecule has 0 atom stereocenters. The first kappa shape index (κ1) is 12.3. The van der Waals surface area contributed by atoms with Crippen LogP contribution in [-0.4, -0.2) is 50.3 Å². The summed E-state index contributed by atoms with van der Waals surface area (Å²) in [7, 11) is 0. The highest BCUT2D eigenvalue weighted by atomic mass is 16.5. The first-order valence-corrected chi connectivity index (χ1v) is 6.92. The van der Waals surface area contributed by atoms with Crippen molar-refractivity contribution in [3.05, 3.63) is 0 Å². The van der Waals surface area contributed by atoms with Crippen molar-refractivity contribution in [1.29, 1.82) is 0 Å². The van der Waals surface area contributed by atoms with E-state index in [1.165, 1.54) is 38.8 Å². The summed E-state index contributed by atoms with van der Waals surface area (Å²) < 4.78 is 5.30. The van der Waals surface area contributed by atoms with Crippen molar-refractivity contribution in [3.8, 4) is 0 Å². The van der Waals surface area contributed by atoms with Gasteiger partial charge in [-0.3, -0.25) is 4.90 Å². The van der Waals surface area contributed by atoms with Gasteiger partial charge in [0, 0.05) is 38.8 Å². The van der Waals surface area contributed by atoms with Gasteiger partial charge in [0.15, 0.2) is 0 Å². The summed E-state index contributed by atoms with van der Waals surface area (Å²) in [5.41, 5.74) is 0. The summed E-state index contributed by atoms with van der Waals surface area (Å²) >= 11 is 0. The van der Waals surface area contributed by atoms with Gasteiger partial charge in [0.1, 0.15) is 0 Å². The Morgan fingerprint density at radius 3 is 2.62 bits per heavy atom. The van der Waals surface area contributed by atoms with Crippen LogP contribution in [0.5, 0.6) is 0 Å². The molecule has 0 aromatic rings. The Morgan fingerprint density at radius 2 is 2.00 bits per heavy atom. The lowest BCUT2D eigenvalue weighted by molar-refractivity contribution is 0.148. The molecule has 3 heteroatoms. The molecule has 94 valence electrons. The highest BCUT2D eigenvalue weighted by Gasteiger charge is 2.32. The summed E-state index contributed by atoms with van der Waals surface area (Å²) in [6.07, 6.45) is 5.82. The largest absolute Gasteiger partial charge is 0.380 e. The summed E-state index contributed by atoms with van der Waals surface area (Å²) in [6, 6.07) is 0.925. The van der Waals surface area contributed by atoms with Crippen molar-refractivity contribution in [1.82, 2.24) is 10.2 Å². The second kappa shape index (κ2) is 6.58. The monoisotopic (exact) mass is 226 g/mol. The van der Waals surface area contributed by atoms with Crippen molar-refractivity contribution in [2.75, 3.05) is 39.4 Å². The van der Waals surface area contributed by atoms with Crippen LogP contribution < -0.4 is 5.32 Å². The lowest BCUT2D eigenvalue weighted by Crippen LogP contribution is -2.36. The molecule has 0 amide bonds. The molecular formula is C13H26N2O. The Bertz CT molecular complexity index is 190. The molecule has 0 aromatic carbocycles. The molecular weight excluding hydrogens is 200 g/mol. The second-order valence-electron chi connectivity index (χ2n) is 5.12. The highest BCUT2D eigenvalue weighted by Crippen LogP contribution is 2.34. The Kier molecular flexibility index (Phi) is 5.07. The number of hydrogen-bond donors (Lipinski definition) is 1. The summed E-state index contributed by atoms with van der Waals surface area (Å²) in [5.74, 6) is 1.03. The molecule has 0 radical (unpaired) electrons. The van der Waals surface area contributed by atoms with E-state index >= 15 is 0 Å². The third-order valence-electron chi connectivity index (χ3n) is 3.46. The van der Waals surface area contributed by atoms with Crippen molar-refractivity contribution in [3.63, 3.8) is 0 Å². The molecule has 16 heavy (non-hydrogen) atoms. The van der Waals surface area contributed by atoms with E-state index in [1.54, 1.807) is 0 Å². The van der Waals surface area contributed by atoms with Crippen LogP contribution in [0.2, 0.25) is 0 Å². The van der Waals surface area contributed by atoms with Crippen molar-refractivity contribution in [2.45, 2.75) is 38.6 Å². The molecule has 1 N–H and O–H groups in total. The topological polar surface area (TPSA) is 24.5 Å². The van der Waals surface area contributed by atoms with E-state index < -0.39 is 0 Å². The lowest BCUT2D eigenvalue weighted by atomic mass is 10.3. The lowest BCUT2D eigenvalue weighted by Gasteiger charge is -2.21. The molecule has 0 unspecified atom stereocenters. The Labute approximate surface area is 99.5 Å². The summed E-state index contributed by atoms with van der Waals surface area (Å²) in [4.78, 5) is 2.70. The molecule has 0 bridgehead atoms. The standard InChI is InChI=1S/C13H26N2O/c1-2-16-10-8-14-7-9-15(13-5-6-13)11-12-3-4-12/h12-14H,2-11H2,1H3. The van der Waals surface area contributed by atoms with Gasteiger partial charge in [0.25, 0.3) is 0 Å². The van der Waals surface area contributed by atoms with E-state index in [9.17, 15) is 0 Å². The summed E-state index contributed by atoms with van der Waals surface area (Å²) in [6.45, 7) is 8.43.